The van der Waals surface area contributed by atoms with Gasteiger partial charge in [-0.05, 0) is 20.8 Å². The first-order valence-electron chi connectivity index (χ1n) is 4.50. The lowest BCUT2D eigenvalue weighted by atomic mass is 10.0. The lowest BCUT2D eigenvalue weighted by Crippen LogP contribution is -2.29. The summed E-state index contributed by atoms with van der Waals surface area (Å²) >= 11 is 4.81. The molecule has 0 saturated heterocycles. The molecule has 1 N–H and O–H groups in total. The molecule has 0 aromatic rings. The second-order valence-corrected chi connectivity index (χ2v) is 3.44. The Morgan fingerprint density at radius 1 is 1.38 bits per heavy atom. The van der Waals surface area contributed by atoms with Gasteiger partial charge in [-0.25, -0.2) is 0 Å². The van der Waals surface area contributed by atoms with Crippen molar-refractivity contribution in [2.45, 2.75) is 39.9 Å². The van der Waals surface area contributed by atoms with E-state index >= 15 is 0 Å². The van der Waals surface area contributed by atoms with E-state index in [4.69, 9.17) is 21.7 Å². The molecule has 0 aromatic carbocycles. The largest absolute Gasteiger partial charge is 0.457 e. The van der Waals surface area contributed by atoms with Crippen LogP contribution >= 0.6 is 12.2 Å². The summed E-state index contributed by atoms with van der Waals surface area (Å²) in [6, 6.07) is 0. The standard InChI is InChI=1S/C9H18O3S/c1-5-11-9(13)12-8(4)6(2)7(3)10/h6-8,10H,5H2,1-4H3/t6?,7?,8-/m0/s1. The summed E-state index contributed by atoms with van der Waals surface area (Å²) in [5.74, 6) is 0.0402. The number of hydrogen-bond acceptors (Lipinski definition) is 4. The molecule has 2 unspecified atom stereocenters. The summed E-state index contributed by atoms with van der Waals surface area (Å²) in [6.45, 7) is 7.86. The van der Waals surface area contributed by atoms with E-state index in [9.17, 15) is 5.11 Å². The first kappa shape index (κ1) is 12.7. The molecule has 78 valence electrons. The van der Waals surface area contributed by atoms with Crippen LogP contribution in [0.4, 0.5) is 0 Å². The third-order valence-electron chi connectivity index (χ3n) is 2.05. The summed E-state index contributed by atoms with van der Waals surface area (Å²) < 4.78 is 10.2. The lowest BCUT2D eigenvalue weighted by molar-refractivity contribution is 0.0316. The summed E-state index contributed by atoms with van der Waals surface area (Å²) in [7, 11) is 0. The Balaban J connectivity index is 3.85. The first-order chi connectivity index (χ1) is 5.99. The molecular formula is C9H18O3S. The third-order valence-corrected chi connectivity index (χ3v) is 2.26. The molecule has 0 amide bonds. The highest BCUT2D eigenvalue weighted by atomic mass is 32.1. The predicted octanol–water partition coefficient (Wildman–Crippen LogP) is 1.73. The summed E-state index contributed by atoms with van der Waals surface area (Å²) in [5, 5.41) is 9.43. The molecule has 4 heteroatoms. The fourth-order valence-electron chi connectivity index (χ4n) is 0.803. The average Bonchev–Trinajstić information content (AvgIpc) is 2.03. The molecule has 3 nitrogen and oxygen atoms in total. The zero-order valence-electron chi connectivity index (χ0n) is 8.61. The maximum absolute atomic E-state index is 9.27. The molecule has 0 bridgehead atoms. The van der Waals surface area contributed by atoms with Crippen molar-refractivity contribution in [2.24, 2.45) is 5.92 Å². The minimum atomic E-state index is -0.403. The van der Waals surface area contributed by atoms with Crippen molar-refractivity contribution in [3.63, 3.8) is 0 Å². The van der Waals surface area contributed by atoms with Gasteiger partial charge in [-0.15, -0.1) is 0 Å². The maximum atomic E-state index is 9.27. The van der Waals surface area contributed by atoms with E-state index in [2.05, 4.69) is 0 Å². The van der Waals surface area contributed by atoms with Gasteiger partial charge in [0.25, 0.3) is 0 Å². The van der Waals surface area contributed by atoms with Crippen molar-refractivity contribution in [3.8, 4) is 0 Å². The molecule has 0 aliphatic rings. The molecule has 0 radical (unpaired) electrons. The average molecular weight is 206 g/mol. The number of rotatable bonds is 4. The van der Waals surface area contributed by atoms with Crippen molar-refractivity contribution in [1.29, 1.82) is 0 Å². The minimum absolute atomic E-state index is 0.0402. The lowest BCUT2D eigenvalue weighted by Gasteiger charge is -2.23. The van der Waals surface area contributed by atoms with E-state index in [0.29, 0.717) is 6.61 Å². The van der Waals surface area contributed by atoms with Crippen molar-refractivity contribution in [2.75, 3.05) is 6.61 Å². The van der Waals surface area contributed by atoms with Gasteiger partial charge in [-0.2, -0.15) is 0 Å². The molecule has 0 rings (SSSR count). The molecule has 0 spiro atoms. The van der Waals surface area contributed by atoms with Gasteiger partial charge >= 0.3 is 5.24 Å². The second-order valence-electron chi connectivity index (χ2n) is 3.11. The van der Waals surface area contributed by atoms with Crippen LogP contribution < -0.4 is 0 Å². The van der Waals surface area contributed by atoms with Gasteiger partial charge < -0.3 is 14.6 Å². The van der Waals surface area contributed by atoms with E-state index in [1.54, 1.807) is 6.92 Å². The molecule has 3 atom stereocenters. The van der Waals surface area contributed by atoms with Crippen LogP contribution in [0.25, 0.3) is 0 Å². The molecule has 0 saturated carbocycles. The normalized spacial score (nSPS) is 17.3. The Labute approximate surface area is 85.0 Å². The van der Waals surface area contributed by atoms with Gasteiger partial charge in [-0.1, -0.05) is 6.92 Å². The van der Waals surface area contributed by atoms with Crippen LogP contribution in [0.15, 0.2) is 0 Å². The fourth-order valence-corrected chi connectivity index (χ4v) is 1.07. The van der Waals surface area contributed by atoms with Gasteiger partial charge in [0.05, 0.1) is 12.7 Å². The molecule has 13 heavy (non-hydrogen) atoms. The Morgan fingerprint density at radius 2 is 1.92 bits per heavy atom. The summed E-state index contributed by atoms with van der Waals surface area (Å²) in [4.78, 5) is 0. The SMILES string of the molecule is CCOC(=S)O[C@@H](C)C(C)C(C)O. The first-order valence-corrected chi connectivity index (χ1v) is 4.91. The monoisotopic (exact) mass is 206 g/mol. The number of aliphatic hydroxyl groups is 1. The molecule has 0 aliphatic heterocycles. The Morgan fingerprint density at radius 3 is 2.31 bits per heavy atom. The Kier molecular flexibility index (Phi) is 5.99. The second kappa shape index (κ2) is 6.16. The van der Waals surface area contributed by atoms with Gasteiger partial charge in [-0.3, -0.25) is 0 Å². The van der Waals surface area contributed by atoms with Crippen LogP contribution in [-0.4, -0.2) is 29.2 Å². The van der Waals surface area contributed by atoms with Crippen LogP contribution in [0.2, 0.25) is 0 Å². The highest BCUT2D eigenvalue weighted by molar-refractivity contribution is 7.79. The van der Waals surface area contributed by atoms with Crippen LogP contribution in [0, 0.1) is 5.92 Å². The van der Waals surface area contributed by atoms with Crippen LogP contribution in [0.5, 0.6) is 0 Å². The van der Waals surface area contributed by atoms with E-state index in [1.807, 2.05) is 20.8 Å². The third kappa shape index (κ3) is 5.05. The summed E-state index contributed by atoms with van der Waals surface area (Å²) in [5.41, 5.74) is 0. The zero-order chi connectivity index (χ0) is 10.4. The van der Waals surface area contributed by atoms with Crippen molar-refractivity contribution < 1.29 is 14.6 Å². The van der Waals surface area contributed by atoms with Gasteiger partial charge in [0.2, 0.25) is 0 Å². The van der Waals surface area contributed by atoms with Gasteiger partial charge in [0.1, 0.15) is 6.10 Å². The molecular weight excluding hydrogens is 188 g/mol. The van der Waals surface area contributed by atoms with Crippen molar-refractivity contribution in [1.82, 2.24) is 0 Å². The van der Waals surface area contributed by atoms with Crippen LogP contribution in [0.3, 0.4) is 0 Å². The summed E-state index contributed by atoms with van der Waals surface area (Å²) in [6.07, 6.45) is -0.529. The fraction of sp³-hybridized carbons (Fsp3) is 0.889. The van der Waals surface area contributed by atoms with Gasteiger partial charge in [0, 0.05) is 18.1 Å². The smallest absolute Gasteiger partial charge is 0.352 e. The highest BCUT2D eigenvalue weighted by Gasteiger charge is 2.19. The van der Waals surface area contributed by atoms with E-state index in [-0.39, 0.29) is 17.3 Å². The van der Waals surface area contributed by atoms with Crippen molar-refractivity contribution >= 4 is 17.5 Å². The van der Waals surface area contributed by atoms with Crippen molar-refractivity contribution in [3.05, 3.63) is 0 Å². The molecule has 0 aliphatic carbocycles. The van der Waals surface area contributed by atoms with E-state index < -0.39 is 6.10 Å². The zero-order valence-corrected chi connectivity index (χ0v) is 9.43. The number of thiocarbonyl (C=S) groups is 1. The van der Waals surface area contributed by atoms with Gasteiger partial charge in [0.15, 0.2) is 0 Å². The number of aliphatic hydroxyl groups excluding tert-OH is 1. The highest BCUT2D eigenvalue weighted by Crippen LogP contribution is 2.12. The quantitative estimate of drug-likeness (QED) is 0.711. The van der Waals surface area contributed by atoms with E-state index in [0.717, 1.165) is 0 Å². The number of hydrogen-bond donors (Lipinski definition) is 1. The number of ether oxygens (including phenoxy) is 2. The Bertz CT molecular complexity index is 159. The topological polar surface area (TPSA) is 38.7 Å². The van der Waals surface area contributed by atoms with Crippen LogP contribution in [0.1, 0.15) is 27.7 Å². The molecule has 0 heterocycles. The Hall–Kier alpha value is -0.350. The minimum Gasteiger partial charge on any atom is -0.457 e. The maximum Gasteiger partial charge on any atom is 0.352 e. The van der Waals surface area contributed by atoms with E-state index in [1.165, 1.54) is 0 Å². The van der Waals surface area contributed by atoms with Crippen LogP contribution in [-0.2, 0) is 9.47 Å². The molecule has 0 fully saturated rings. The molecule has 0 aromatic heterocycles. The predicted molar refractivity (Wildman–Crippen MR) is 55.6 cm³/mol.